The van der Waals surface area contributed by atoms with Crippen LogP contribution in [0.1, 0.15) is 5.56 Å². The lowest BCUT2D eigenvalue weighted by Crippen LogP contribution is -2.24. The van der Waals surface area contributed by atoms with Crippen LogP contribution in [0.3, 0.4) is 0 Å². The maximum Gasteiger partial charge on any atom is 0.230 e. The number of nitrogens with zero attached hydrogens (tertiary/aromatic N) is 3. The van der Waals surface area contributed by atoms with Gasteiger partial charge in [0.1, 0.15) is 0 Å². The summed E-state index contributed by atoms with van der Waals surface area (Å²) in [5.74, 6) is 0.273. The van der Waals surface area contributed by atoms with E-state index in [1.807, 2.05) is 43.3 Å². The fourth-order valence-electron chi connectivity index (χ4n) is 1.57. The summed E-state index contributed by atoms with van der Waals surface area (Å²) >= 11 is 2.62. The van der Waals surface area contributed by atoms with Gasteiger partial charge in [-0.3, -0.25) is 4.79 Å². The summed E-state index contributed by atoms with van der Waals surface area (Å²) in [5, 5.41) is 10.8. The Morgan fingerprint density at radius 1 is 1.33 bits per heavy atom. The molecule has 3 N–H and O–H groups in total. The molecule has 0 aliphatic heterocycles. The normalized spacial score (nSPS) is 10.4. The molecule has 0 spiro atoms. The third-order valence-electron chi connectivity index (χ3n) is 2.69. The molecule has 1 amide bonds. The number of nitrogens with one attached hydrogen (secondary N) is 1. The molecule has 0 saturated carbocycles. The highest BCUT2D eigenvalue weighted by Crippen LogP contribution is 2.23. The number of hydrogen-bond acceptors (Lipinski definition) is 7. The van der Waals surface area contributed by atoms with Gasteiger partial charge >= 0.3 is 0 Å². The Labute approximate surface area is 131 Å². The minimum atomic E-state index is -0.0366. The molecule has 0 bridgehead atoms. The Bertz CT molecular complexity index is 597. The van der Waals surface area contributed by atoms with Crippen molar-refractivity contribution in [3.8, 4) is 0 Å². The molecule has 1 heterocycles. The third kappa shape index (κ3) is 4.91. The predicted octanol–water partition coefficient (Wildman–Crippen LogP) is 1.59. The van der Waals surface area contributed by atoms with Crippen molar-refractivity contribution in [3.63, 3.8) is 0 Å². The predicted molar refractivity (Wildman–Crippen MR) is 87.7 cm³/mol. The van der Waals surface area contributed by atoms with E-state index in [0.717, 1.165) is 11.3 Å². The van der Waals surface area contributed by atoms with Crippen LogP contribution in [0.25, 0.3) is 0 Å². The highest BCUT2D eigenvalue weighted by atomic mass is 32.2. The highest BCUT2D eigenvalue weighted by molar-refractivity contribution is 8.01. The second-order valence-electron chi connectivity index (χ2n) is 4.53. The number of aromatic nitrogens is 2. The number of rotatable bonds is 6. The van der Waals surface area contributed by atoms with Gasteiger partial charge in [-0.05, 0) is 17.7 Å². The average Bonchev–Trinajstić information content (AvgIpc) is 2.89. The molecule has 112 valence electrons. The van der Waals surface area contributed by atoms with Crippen LogP contribution in [0.5, 0.6) is 0 Å². The number of nitrogens with two attached hydrogens (primary N) is 1. The van der Waals surface area contributed by atoms with Crippen LogP contribution in [0, 0.1) is 0 Å². The van der Waals surface area contributed by atoms with Gasteiger partial charge in [0.05, 0.1) is 5.75 Å². The van der Waals surface area contributed by atoms with Gasteiger partial charge in [-0.1, -0.05) is 35.2 Å². The molecule has 21 heavy (non-hydrogen) atoms. The lowest BCUT2D eigenvalue weighted by molar-refractivity contribution is -0.118. The first-order valence-electron chi connectivity index (χ1n) is 6.29. The van der Waals surface area contributed by atoms with E-state index in [0.29, 0.717) is 21.8 Å². The molecule has 0 atom stereocenters. The van der Waals surface area contributed by atoms with Crippen molar-refractivity contribution >= 4 is 39.8 Å². The minimum absolute atomic E-state index is 0.0366. The zero-order chi connectivity index (χ0) is 15.2. The van der Waals surface area contributed by atoms with Gasteiger partial charge in [-0.25, -0.2) is 0 Å². The number of amides is 1. The van der Waals surface area contributed by atoms with E-state index in [1.165, 1.54) is 23.1 Å². The maximum atomic E-state index is 11.8. The summed E-state index contributed by atoms with van der Waals surface area (Å²) in [6, 6.07) is 8.07. The summed E-state index contributed by atoms with van der Waals surface area (Å²) in [5.41, 5.74) is 7.68. The molecule has 8 heteroatoms. The Morgan fingerprint density at radius 3 is 2.62 bits per heavy atom. The zero-order valence-corrected chi connectivity index (χ0v) is 13.5. The molecule has 0 unspecified atom stereocenters. The first kappa shape index (κ1) is 15.6. The van der Waals surface area contributed by atoms with Gasteiger partial charge in [0, 0.05) is 26.3 Å². The summed E-state index contributed by atoms with van der Waals surface area (Å²) in [4.78, 5) is 13.8. The number of anilines is 2. The smallest absolute Gasteiger partial charge is 0.230 e. The first-order chi connectivity index (χ1) is 10.0. The zero-order valence-electron chi connectivity index (χ0n) is 11.9. The minimum Gasteiger partial charge on any atom is -0.378 e. The van der Waals surface area contributed by atoms with E-state index in [2.05, 4.69) is 15.5 Å². The number of carbonyl (C=O) groups is 1. The molecule has 1 aromatic carbocycles. The summed E-state index contributed by atoms with van der Waals surface area (Å²) < 4.78 is 0.706. The third-order valence-corrected chi connectivity index (χ3v) is 4.58. The van der Waals surface area contributed by atoms with Crippen molar-refractivity contribution in [1.29, 1.82) is 0 Å². The van der Waals surface area contributed by atoms with E-state index < -0.39 is 0 Å². The molecular formula is C13H17N5OS2. The molecule has 2 aromatic rings. The SMILES string of the molecule is CN(C)c1ccc(CNC(=O)CSc2nnc(N)s2)cc1. The van der Waals surface area contributed by atoms with Crippen molar-refractivity contribution in [2.45, 2.75) is 10.9 Å². The van der Waals surface area contributed by atoms with Gasteiger partial charge < -0.3 is 16.0 Å². The Balaban J connectivity index is 1.75. The van der Waals surface area contributed by atoms with Crippen LogP contribution in [-0.4, -0.2) is 36.0 Å². The van der Waals surface area contributed by atoms with Gasteiger partial charge in [0.2, 0.25) is 11.0 Å². The second kappa shape index (κ2) is 7.28. The van der Waals surface area contributed by atoms with E-state index >= 15 is 0 Å². The number of thioether (sulfide) groups is 1. The highest BCUT2D eigenvalue weighted by Gasteiger charge is 2.06. The molecule has 1 aromatic heterocycles. The first-order valence-corrected chi connectivity index (χ1v) is 8.09. The van der Waals surface area contributed by atoms with E-state index in [9.17, 15) is 4.79 Å². The number of benzene rings is 1. The lowest BCUT2D eigenvalue weighted by Gasteiger charge is -2.12. The quantitative estimate of drug-likeness (QED) is 0.786. The molecule has 2 rings (SSSR count). The molecular weight excluding hydrogens is 306 g/mol. The van der Waals surface area contributed by atoms with Gasteiger partial charge in [0.15, 0.2) is 4.34 Å². The van der Waals surface area contributed by atoms with E-state index in [1.54, 1.807) is 0 Å². The number of carbonyl (C=O) groups excluding carboxylic acids is 1. The fourth-order valence-corrected chi connectivity index (χ4v) is 3.04. The van der Waals surface area contributed by atoms with Crippen LogP contribution in [0.2, 0.25) is 0 Å². The second-order valence-corrected chi connectivity index (χ2v) is 6.76. The maximum absolute atomic E-state index is 11.8. The Hall–Kier alpha value is -1.80. The monoisotopic (exact) mass is 323 g/mol. The number of hydrogen-bond donors (Lipinski definition) is 2. The molecule has 0 radical (unpaired) electrons. The summed E-state index contributed by atoms with van der Waals surface area (Å²) in [6.07, 6.45) is 0. The van der Waals surface area contributed by atoms with E-state index in [-0.39, 0.29) is 5.91 Å². The van der Waals surface area contributed by atoms with Crippen molar-refractivity contribution < 1.29 is 4.79 Å². The standard InChI is InChI=1S/C13H17N5OS2/c1-18(2)10-5-3-9(4-6-10)7-15-11(19)8-20-13-17-16-12(14)21-13/h3-6H,7-8H2,1-2H3,(H2,14,16)(H,15,19). The van der Waals surface area contributed by atoms with Crippen LogP contribution < -0.4 is 16.0 Å². The average molecular weight is 323 g/mol. The van der Waals surface area contributed by atoms with Crippen molar-refractivity contribution in [3.05, 3.63) is 29.8 Å². The molecule has 0 aliphatic rings. The summed E-state index contributed by atoms with van der Waals surface area (Å²) in [7, 11) is 3.99. The molecule has 0 saturated heterocycles. The van der Waals surface area contributed by atoms with Gasteiger partial charge in [-0.15, -0.1) is 10.2 Å². The molecule has 0 fully saturated rings. The van der Waals surface area contributed by atoms with Crippen molar-refractivity contribution in [2.24, 2.45) is 0 Å². The molecule has 0 aliphatic carbocycles. The van der Waals surface area contributed by atoms with E-state index in [4.69, 9.17) is 5.73 Å². The summed E-state index contributed by atoms with van der Waals surface area (Å²) in [6.45, 7) is 0.519. The largest absolute Gasteiger partial charge is 0.378 e. The number of nitrogen functional groups attached to an aromatic ring is 1. The fraction of sp³-hybridized carbons (Fsp3) is 0.308. The lowest BCUT2D eigenvalue weighted by atomic mass is 10.2. The topological polar surface area (TPSA) is 84.1 Å². The van der Waals surface area contributed by atoms with Crippen LogP contribution in [0.4, 0.5) is 10.8 Å². The Kier molecular flexibility index (Phi) is 5.40. The van der Waals surface area contributed by atoms with Gasteiger partial charge in [0.25, 0.3) is 0 Å². The van der Waals surface area contributed by atoms with Crippen LogP contribution >= 0.6 is 23.1 Å². The van der Waals surface area contributed by atoms with Crippen molar-refractivity contribution in [2.75, 3.05) is 30.5 Å². The Morgan fingerprint density at radius 2 is 2.05 bits per heavy atom. The van der Waals surface area contributed by atoms with Gasteiger partial charge in [-0.2, -0.15) is 0 Å². The molecule has 6 nitrogen and oxygen atoms in total. The van der Waals surface area contributed by atoms with Crippen LogP contribution in [-0.2, 0) is 11.3 Å². The van der Waals surface area contributed by atoms with Crippen LogP contribution in [0.15, 0.2) is 28.6 Å². The van der Waals surface area contributed by atoms with Crippen molar-refractivity contribution in [1.82, 2.24) is 15.5 Å².